The molecule has 3 N–H and O–H groups in total. The summed E-state index contributed by atoms with van der Waals surface area (Å²) in [5.41, 5.74) is 1.96. The van der Waals surface area contributed by atoms with Gasteiger partial charge in [0.25, 0.3) is 5.91 Å². The normalized spacial score (nSPS) is 11.9. The minimum Gasteiger partial charge on any atom is -0.493 e. The van der Waals surface area contributed by atoms with Crippen molar-refractivity contribution in [3.63, 3.8) is 0 Å². The SMILES string of the molecule is COc1cc(C(=O)NC(NC(=S)Nc2ccc(I)cc2C)C(Cl)(Cl)Cl)cc(OC)c1OC. The number of rotatable bonds is 7. The maximum atomic E-state index is 12.9. The fourth-order valence-electron chi connectivity index (χ4n) is 2.68. The van der Waals surface area contributed by atoms with Crippen LogP contribution in [0, 0.1) is 10.5 Å². The van der Waals surface area contributed by atoms with Gasteiger partial charge in [0.05, 0.1) is 21.3 Å². The van der Waals surface area contributed by atoms with E-state index in [9.17, 15) is 4.79 Å². The molecule has 1 atom stereocenters. The quantitative estimate of drug-likeness (QED) is 0.171. The van der Waals surface area contributed by atoms with Gasteiger partial charge in [-0.2, -0.15) is 0 Å². The van der Waals surface area contributed by atoms with Gasteiger partial charge < -0.3 is 30.2 Å². The van der Waals surface area contributed by atoms with Gasteiger partial charge in [-0.1, -0.05) is 34.8 Å². The van der Waals surface area contributed by atoms with Gasteiger partial charge in [0.2, 0.25) is 9.54 Å². The van der Waals surface area contributed by atoms with E-state index in [4.69, 9.17) is 61.2 Å². The molecular formula is C20H21Cl3IN3O4S. The molecule has 0 bridgehead atoms. The van der Waals surface area contributed by atoms with Crippen LogP contribution in [-0.4, -0.2) is 42.3 Å². The highest BCUT2D eigenvalue weighted by Crippen LogP contribution is 2.38. The molecule has 7 nitrogen and oxygen atoms in total. The maximum Gasteiger partial charge on any atom is 0.253 e. The van der Waals surface area contributed by atoms with E-state index < -0.39 is 15.9 Å². The summed E-state index contributed by atoms with van der Waals surface area (Å²) in [6, 6.07) is 8.76. The predicted octanol–water partition coefficient (Wildman–Crippen LogP) is 5.04. The molecule has 2 aromatic carbocycles. The number of anilines is 1. The largest absolute Gasteiger partial charge is 0.493 e. The molecule has 0 aliphatic rings. The number of halogens is 4. The van der Waals surface area contributed by atoms with Crippen molar-refractivity contribution in [2.24, 2.45) is 0 Å². The summed E-state index contributed by atoms with van der Waals surface area (Å²) in [5, 5.41) is 8.66. The molecule has 1 unspecified atom stereocenters. The van der Waals surface area contributed by atoms with E-state index in [1.807, 2.05) is 25.1 Å². The number of amides is 1. The van der Waals surface area contributed by atoms with Crippen molar-refractivity contribution < 1.29 is 19.0 Å². The third kappa shape index (κ3) is 7.05. The van der Waals surface area contributed by atoms with E-state index in [1.165, 1.54) is 33.5 Å². The molecule has 174 valence electrons. The molecule has 0 aliphatic heterocycles. The lowest BCUT2D eigenvalue weighted by Crippen LogP contribution is -2.56. The Kier molecular flexibility index (Phi) is 9.77. The molecule has 0 spiro atoms. The van der Waals surface area contributed by atoms with Gasteiger partial charge in [0.15, 0.2) is 16.6 Å². The monoisotopic (exact) mass is 631 g/mol. The molecule has 0 saturated carbocycles. The number of carbonyl (C=O) groups excluding carboxylic acids is 1. The summed E-state index contributed by atoms with van der Waals surface area (Å²) in [7, 11) is 4.36. The smallest absolute Gasteiger partial charge is 0.253 e. The molecule has 0 aromatic heterocycles. The van der Waals surface area contributed by atoms with E-state index in [2.05, 4.69) is 38.5 Å². The van der Waals surface area contributed by atoms with Crippen LogP contribution in [0.15, 0.2) is 30.3 Å². The zero-order chi connectivity index (χ0) is 24.1. The average molecular weight is 633 g/mol. The Labute approximate surface area is 220 Å². The highest BCUT2D eigenvalue weighted by molar-refractivity contribution is 14.1. The number of carbonyl (C=O) groups is 1. The van der Waals surface area contributed by atoms with Crippen LogP contribution < -0.4 is 30.2 Å². The summed E-state index contributed by atoms with van der Waals surface area (Å²) in [6.07, 6.45) is -1.15. The minimum absolute atomic E-state index is 0.163. The van der Waals surface area contributed by atoms with Gasteiger partial charge in [0, 0.05) is 14.8 Å². The first-order valence-electron chi connectivity index (χ1n) is 9.01. The zero-order valence-electron chi connectivity index (χ0n) is 17.5. The molecule has 0 fully saturated rings. The van der Waals surface area contributed by atoms with Crippen molar-refractivity contribution in [3.05, 3.63) is 45.0 Å². The van der Waals surface area contributed by atoms with Crippen LogP contribution in [-0.2, 0) is 0 Å². The molecular weight excluding hydrogens is 612 g/mol. The second kappa shape index (κ2) is 11.6. The van der Waals surface area contributed by atoms with E-state index in [-0.39, 0.29) is 10.7 Å². The van der Waals surface area contributed by atoms with Crippen molar-refractivity contribution in [2.75, 3.05) is 26.6 Å². The van der Waals surface area contributed by atoms with Gasteiger partial charge in [-0.25, -0.2) is 0 Å². The Hall–Kier alpha value is -1.40. The summed E-state index contributed by atoms with van der Waals surface area (Å²) in [5.74, 6) is 0.408. The number of benzene rings is 2. The molecule has 1 amide bonds. The van der Waals surface area contributed by atoms with E-state index in [0.717, 1.165) is 14.8 Å². The van der Waals surface area contributed by atoms with Crippen molar-refractivity contribution >= 4 is 86.3 Å². The minimum atomic E-state index is -1.91. The van der Waals surface area contributed by atoms with Crippen molar-refractivity contribution in [1.29, 1.82) is 0 Å². The van der Waals surface area contributed by atoms with Crippen LogP contribution in [0.2, 0.25) is 0 Å². The van der Waals surface area contributed by atoms with Gasteiger partial charge in [-0.05, 0) is 77.6 Å². The molecule has 0 radical (unpaired) electrons. The Balaban J connectivity index is 2.22. The van der Waals surface area contributed by atoms with Gasteiger partial charge in [-0.15, -0.1) is 0 Å². The Morgan fingerprint density at radius 2 is 1.62 bits per heavy atom. The number of ether oxygens (including phenoxy) is 3. The van der Waals surface area contributed by atoms with Crippen LogP contribution >= 0.6 is 69.6 Å². The molecule has 0 heterocycles. The van der Waals surface area contributed by atoms with Crippen LogP contribution in [0.1, 0.15) is 15.9 Å². The lowest BCUT2D eigenvalue weighted by atomic mass is 10.1. The third-order valence-electron chi connectivity index (χ3n) is 4.24. The number of nitrogens with one attached hydrogen (secondary N) is 3. The average Bonchev–Trinajstić information content (AvgIpc) is 2.73. The number of alkyl halides is 3. The van der Waals surface area contributed by atoms with E-state index >= 15 is 0 Å². The maximum absolute atomic E-state index is 12.9. The second-order valence-electron chi connectivity index (χ2n) is 6.42. The van der Waals surface area contributed by atoms with Crippen LogP contribution in [0.3, 0.4) is 0 Å². The van der Waals surface area contributed by atoms with E-state index in [1.54, 1.807) is 0 Å². The van der Waals surface area contributed by atoms with Gasteiger partial charge in [-0.3, -0.25) is 4.79 Å². The highest BCUT2D eigenvalue weighted by atomic mass is 127. The van der Waals surface area contributed by atoms with Gasteiger partial charge in [0.1, 0.15) is 6.17 Å². The van der Waals surface area contributed by atoms with Crippen LogP contribution in [0.5, 0.6) is 17.2 Å². The predicted molar refractivity (Wildman–Crippen MR) is 141 cm³/mol. The standard InChI is InChI=1S/C20H21Cl3IN3O4S/c1-10-7-12(24)5-6-13(10)25-19(32)27-18(20(21,22)23)26-17(28)11-8-14(29-2)16(31-4)15(9-11)30-3/h5-9,18H,1-4H3,(H,26,28)(H2,25,27,32). The third-order valence-corrected chi connectivity index (χ3v) is 5.79. The Morgan fingerprint density at radius 3 is 2.09 bits per heavy atom. The number of aryl methyl sites for hydroxylation is 1. The Bertz CT molecular complexity index is 980. The molecule has 12 heteroatoms. The summed E-state index contributed by atoms with van der Waals surface area (Å²) in [6.45, 7) is 1.94. The lowest BCUT2D eigenvalue weighted by Gasteiger charge is -2.28. The topological polar surface area (TPSA) is 80.9 Å². The molecule has 2 rings (SSSR count). The Morgan fingerprint density at radius 1 is 1.03 bits per heavy atom. The number of hydrogen-bond donors (Lipinski definition) is 3. The molecule has 2 aromatic rings. The van der Waals surface area contributed by atoms with E-state index in [0.29, 0.717) is 17.2 Å². The van der Waals surface area contributed by atoms with Gasteiger partial charge >= 0.3 is 0 Å². The fourth-order valence-corrected chi connectivity index (χ4v) is 3.89. The number of thiocarbonyl (C=S) groups is 1. The van der Waals surface area contributed by atoms with Crippen molar-refractivity contribution in [2.45, 2.75) is 16.9 Å². The highest BCUT2D eigenvalue weighted by Gasteiger charge is 2.35. The lowest BCUT2D eigenvalue weighted by molar-refractivity contribution is 0.0933. The molecule has 32 heavy (non-hydrogen) atoms. The van der Waals surface area contributed by atoms with Crippen molar-refractivity contribution in [1.82, 2.24) is 10.6 Å². The summed E-state index contributed by atoms with van der Waals surface area (Å²) in [4.78, 5) is 12.9. The first kappa shape index (κ1) is 26.8. The fraction of sp³-hybridized carbons (Fsp3) is 0.300. The van der Waals surface area contributed by atoms with Crippen LogP contribution in [0.25, 0.3) is 0 Å². The summed E-state index contributed by atoms with van der Waals surface area (Å²) < 4.78 is 15.0. The van der Waals surface area contributed by atoms with Crippen LogP contribution in [0.4, 0.5) is 5.69 Å². The first-order chi connectivity index (χ1) is 15.0. The second-order valence-corrected chi connectivity index (χ2v) is 10.4. The van der Waals surface area contributed by atoms with Crippen molar-refractivity contribution in [3.8, 4) is 17.2 Å². The number of methoxy groups -OCH3 is 3. The summed E-state index contributed by atoms with van der Waals surface area (Å²) >= 11 is 25.8. The zero-order valence-corrected chi connectivity index (χ0v) is 22.8. The number of hydrogen-bond acceptors (Lipinski definition) is 5. The first-order valence-corrected chi connectivity index (χ1v) is 11.6. The molecule has 0 aliphatic carbocycles. The molecule has 0 saturated heterocycles.